The number of ketones is 1. The molecule has 1 heterocycles. The largest absolute Gasteiger partial charge is 0.430 e. The second kappa shape index (κ2) is 10.2. The molecular weight excluding hydrogens is 549 g/mol. The summed E-state index contributed by atoms with van der Waals surface area (Å²) in [6, 6.07) is 3.78. The van der Waals surface area contributed by atoms with Gasteiger partial charge in [-0.25, -0.2) is 12.8 Å². The Labute approximate surface area is 212 Å². The van der Waals surface area contributed by atoms with Gasteiger partial charge < -0.3 is 10.8 Å². The fourth-order valence-electron chi connectivity index (χ4n) is 4.21. The molecule has 2 aromatic carbocycles. The summed E-state index contributed by atoms with van der Waals surface area (Å²) in [5.41, 5.74) is -2.34. The third-order valence-electron chi connectivity index (χ3n) is 6.12. The molecule has 38 heavy (non-hydrogen) atoms. The van der Waals surface area contributed by atoms with Crippen LogP contribution < -0.4 is 10.0 Å². The van der Waals surface area contributed by atoms with E-state index in [1.165, 1.54) is 0 Å². The average Bonchev–Trinajstić information content (AvgIpc) is 2.80. The summed E-state index contributed by atoms with van der Waals surface area (Å²) in [5, 5.41) is 9.76. The number of nitrogens with two attached hydrogens (primary N) is 1. The smallest absolute Gasteiger partial charge is 0.370 e. The standard InChI is InChI=1S/C23H21F7N2O5S/c24-15-3-7-18(8-4-15)38(36,37)32-16(12-17(33)6-10-20(31)34)5-1-13-11-14(2-9-19(13)32)21(35,22(25,26)27)23(28,29)30/h2-4,7-9,11,16,35H,1,5-6,10,12H2,(H2,31,34)/t16-/m0/s1. The van der Waals surface area contributed by atoms with Crippen molar-refractivity contribution in [1.29, 1.82) is 0 Å². The van der Waals surface area contributed by atoms with Crippen LogP contribution in [-0.2, 0) is 31.6 Å². The van der Waals surface area contributed by atoms with E-state index < -0.39 is 68.4 Å². The third-order valence-corrected chi connectivity index (χ3v) is 8.00. The van der Waals surface area contributed by atoms with E-state index in [4.69, 9.17) is 5.73 Å². The van der Waals surface area contributed by atoms with E-state index in [0.29, 0.717) is 22.5 Å². The van der Waals surface area contributed by atoms with Gasteiger partial charge in [0.05, 0.1) is 16.6 Å². The van der Waals surface area contributed by atoms with E-state index >= 15 is 0 Å². The maximum absolute atomic E-state index is 13.5. The Morgan fingerprint density at radius 3 is 2.08 bits per heavy atom. The summed E-state index contributed by atoms with van der Waals surface area (Å²) in [6.45, 7) is 0. The summed E-state index contributed by atoms with van der Waals surface area (Å²) < 4.78 is 122. The number of hydrogen-bond donors (Lipinski definition) is 2. The van der Waals surface area contributed by atoms with Crippen LogP contribution in [0.3, 0.4) is 0 Å². The minimum atomic E-state index is -6.15. The van der Waals surface area contributed by atoms with Crippen molar-refractivity contribution in [1.82, 2.24) is 0 Å². The molecule has 208 valence electrons. The molecule has 0 bridgehead atoms. The molecular formula is C23H21F7N2O5S. The van der Waals surface area contributed by atoms with Gasteiger partial charge in [0.1, 0.15) is 11.6 Å². The number of aryl methyl sites for hydroxylation is 1. The van der Waals surface area contributed by atoms with Crippen LogP contribution in [0.2, 0.25) is 0 Å². The van der Waals surface area contributed by atoms with Crippen LogP contribution in [0.25, 0.3) is 0 Å². The van der Waals surface area contributed by atoms with Crippen molar-refractivity contribution in [2.45, 2.75) is 61.0 Å². The molecule has 1 amide bonds. The SMILES string of the molecule is NC(=O)CCC(=O)C[C@@H]1CCc2cc(C(O)(C(F)(F)F)C(F)(F)F)ccc2N1S(=O)(=O)c1ccc(F)cc1. The van der Waals surface area contributed by atoms with Crippen LogP contribution in [0.1, 0.15) is 36.8 Å². The van der Waals surface area contributed by atoms with Crippen LogP contribution in [0.4, 0.5) is 36.4 Å². The van der Waals surface area contributed by atoms with E-state index in [1.807, 2.05) is 0 Å². The molecule has 0 radical (unpaired) electrons. The number of halogens is 7. The van der Waals surface area contributed by atoms with Gasteiger partial charge in [-0.05, 0) is 48.7 Å². The highest BCUT2D eigenvalue weighted by atomic mass is 32.2. The van der Waals surface area contributed by atoms with Gasteiger partial charge in [-0.1, -0.05) is 12.1 Å². The highest BCUT2D eigenvalue weighted by molar-refractivity contribution is 7.92. The van der Waals surface area contributed by atoms with Crippen molar-refractivity contribution in [3.05, 3.63) is 59.4 Å². The van der Waals surface area contributed by atoms with Crippen molar-refractivity contribution in [3.8, 4) is 0 Å². The minimum Gasteiger partial charge on any atom is -0.370 e. The Balaban J connectivity index is 2.14. The molecule has 0 fully saturated rings. The van der Waals surface area contributed by atoms with Crippen molar-refractivity contribution in [2.75, 3.05) is 4.31 Å². The lowest BCUT2D eigenvalue weighted by molar-refractivity contribution is -0.376. The zero-order valence-corrected chi connectivity index (χ0v) is 20.1. The fourth-order valence-corrected chi connectivity index (χ4v) is 5.92. The number of alkyl halides is 6. The Bertz CT molecular complexity index is 1310. The predicted octanol–water partition coefficient (Wildman–Crippen LogP) is 3.87. The topological polar surface area (TPSA) is 118 Å². The van der Waals surface area contributed by atoms with Crippen molar-refractivity contribution in [2.24, 2.45) is 5.73 Å². The molecule has 1 atom stereocenters. The Hall–Kier alpha value is -3.20. The number of Topliss-reactive ketones (excluding diaryl/α,β-unsaturated/α-hetero) is 1. The Morgan fingerprint density at radius 2 is 1.55 bits per heavy atom. The van der Waals surface area contributed by atoms with Crippen LogP contribution in [0.15, 0.2) is 47.4 Å². The second-order valence-electron chi connectivity index (χ2n) is 8.71. The number of sulfonamides is 1. The van der Waals surface area contributed by atoms with Gasteiger partial charge in [0.2, 0.25) is 5.91 Å². The number of rotatable bonds is 8. The van der Waals surface area contributed by atoms with Gasteiger partial charge in [-0.3, -0.25) is 13.9 Å². The van der Waals surface area contributed by atoms with E-state index in [0.717, 1.165) is 24.3 Å². The first-order chi connectivity index (χ1) is 17.4. The summed E-state index contributed by atoms with van der Waals surface area (Å²) >= 11 is 0. The number of anilines is 1. The first-order valence-corrected chi connectivity index (χ1v) is 12.4. The maximum Gasteiger partial charge on any atom is 0.430 e. The van der Waals surface area contributed by atoms with Crippen molar-refractivity contribution < 1.29 is 53.8 Å². The second-order valence-corrected chi connectivity index (χ2v) is 10.5. The number of aliphatic hydroxyl groups is 1. The lowest BCUT2D eigenvalue weighted by atomic mass is 9.87. The van der Waals surface area contributed by atoms with Gasteiger partial charge >= 0.3 is 12.4 Å². The van der Waals surface area contributed by atoms with Crippen LogP contribution >= 0.6 is 0 Å². The molecule has 0 saturated carbocycles. The summed E-state index contributed by atoms with van der Waals surface area (Å²) in [7, 11) is -4.61. The monoisotopic (exact) mass is 570 g/mol. The number of carbonyl (C=O) groups excluding carboxylic acids is 2. The number of hydrogen-bond acceptors (Lipinski definition) is 5. The lowest BCUT2D eigenvalue weighted by Crippen LogP contribution is -2.54. The van der Waals surface area contributed by atoms with Crippen molar-refractivity contribution in [3.63, 3.8) is 0 Å². The van der Waals surface area contributed by atoms with Crippen LogP contribution in [0.5, 0.6) is 0 Å². The molecule has 0 aromatic heterocycles. The molecule has 7 nitrogen and oxygen atoms in total. The first kappa shape index (κ1) is 29.4. The fraction of sp³-hybridized carbons (Fsp3) is 0.391. The quantitative estimate of drug-likeness (QED) is 0.468. The number of carbonyl (C=O) groups is 2. The van der Waals surface area contributed by atoms with E-state index in [1.54, 1.807) is 0 Å². The van der Waals surface area contributed by atoms with Gasteiger partial charge in [-0.2, -0.15) is 26.3 Å². The normalized spacial score (nSPS) is 16.7. The molecule has 1 aliphatic rings. The van der Waals surface area contributed by atoms with E-state index in [9.17, 15) is 53.8 Å². The molecule has 0 spiro atoms. The molecule has 0 aliphatic carbocycles. The Morgan fingerprint density at radius 1 is 0.974 bits per heavy atom. The van der Waals surface area contributed by atoms with Crippen LogP contribution in [-0.4, -0.2) is 43.6 Å². The maximum atomic E-state index is 13.5. The highest BCUT2D eigenvalue weighted by Gasteiger charge is 2.71. The minimum absolute atomic E-state index is 0.199. The Kier molecular flexibility index (Phi) is 7.86. The van der Waals surface area contributed by atoms with E-state index in [-0.39, 0.29) is 36.9 Å². The predicted molar refractivity (Wildman–Crippen MR) is 119 cm³/mol. The molecule has 0 saturated heterocycles. The first-order valence-electron chi connectivity index (χ1n) is 11.0. The van der Waals surface area contributed by atoms with Gasteiger partial charge in [0, 0.05) is 24.8 Å². The molecule has 3 N–H and O–H groups in total. The van der Waals surface area contributed by atoms with E-state index in [2.05, 4.69) is 0 Å². The molecule has 15 heteroatoms. The number of benzene rings is 2. The summed E-state index contributed by atoms with van der Waals surface area (Å²) in [4.78, 5) is 23.0. The number of fused-ring (bicyclic) bond motifs is 1. The zero-order valence-electron chi connectivity index (χ0n) is 19.3. The lowest BCUT2D eigenvalue weighted by Gasteiger charge is -2.39. The van der Waals surface area contributed by atoms with Crippen LogP contribution in [0, 0.1) is 5.82 Å². The molecule has 1 aliphatic heterocycles. The van der Waals surface area contributed by atoms with Gasteiger partial charge in [0.25, 0.3) is 15.6 Å². The summed E-state index contributed by atoms with van der Waals surface area (Å²) in [6.07, 6.45) is -13.8. The summed E-state index contributed by atoms with van der Waals surface area (Å²) in [5.74, 6) is -2.11. The third kappa shape index (κ3) is 5.48. The van der Waals surface area contributed by atoms with Gasteiger partial charge in [-0.15, -0.1) is 0 Å². The zero-order chi connectivity index (χ0) is 28.7. The highest BCUT2D eigenvalue weighted by Crippen LogP contribution is 2.51. The number of nitrogens with zero attached hydrogens (tertiary/aromatic N) is 1. The molecule has 2 aromatic rings. The van der Waals surface area contributed by atoms with Gasteiger partial charge in [0.15, 0.2) is 0 Å². The molecule has 3 rings (SSSR count). The average molecular weight is 570 g/mol. The molecule has 0 unspecified atom stereocenters. The van der Waals surface area contributed by atoms with Crippen molar-refractivity contribution >= 4 is 27.4 Å². The number of amides is 1. The number of primary amides is 1.